The first kappa shape index (κ1) is 32.6. The number of aryl methyl sites for hydroxylation is 2. The third-order valence-corrected chi connectivity index (χ3v) is 9.23. The predicted molar refractivity (Wildman–Crippen MR) is 189 cm³/mol. The number of carbonyl (C=O) groups is 2. The second kappa shape index (κ2) is 12.8. The first-order valence-corrected chi connectivity index (χ1v) is 15.9. The Bertz CT molecular complexity index is 2220. The molecule has 10 heteroatoms. The molecule has 0 unspecified atom stereocenters. The molecule has 1 aliphatic carbocycles. The summed E-state index contributed by atoms with van der Waals surface area (Å²) in [4.78, 5) is 47.8. The maximum atomic E-state index is 13.0. The van der Waals surface area contributed by atoms with Crippen molar-refractivity contribution < 1.29 is 28.9 Å². The van der Waals surface area contributed by atoms with Crippen LogP contribution < -0.4 is 9.47 Å². The SMILES string of the molecule is Cc1ccc(C(=O)Oc2ccc(C3(c4ccc(OC(=O)c5ccc(C)c([N+](=O)[O-])c5)cc4)c4ccccc4-c4ccccc43)cc2)cc1[N+](=O)[O-]. The van der Waals surface area contributed by atoms with Gasteiger partial charge in [0.25, 0.3) is 11.4 Å². The molecule has 0 saturated heterocycles. The lowest BCUT2D eigenvalue weighted by Crippen LogP contribution is -2.28. The van der Waals surface area contributed by atoms with Crippen LogP contribution in [0.3, 0.4) is 0 Å². The molecular weight excluding hydrogens is 648 g/mol. The van der Waals surface area contributed by atoms with Crippen LogP contribution in [0.2, 0.25) is 0 Å². The lowest BCUT2D eigenvalue weighted by Gasteiger charge is -2.34. The maximum Gasteiger partial charge on any atom is 0.343 e. The first-order chi connectivity index (χ1) is 24.6. The van der Waals surface area contributed by atoms with E-state index >= 15 is 0 Å². The molecule has 0 saturated carbocycles. The Morgan fingerprint density at radius 2 is 0.902 bits per heavy atom. The minimum atomic E-state index is -0.812. The highest BCUT2D eigenvalue weighted by molar-refractivity contribution is 5.93. The van der Waals surface area contributed by atoms with Crippen LogP contribution in [-0.4, -0.2) is 21.8 Å². The molecule has 250 valence electrons. The van der Waals surface area contributed by atoms with Gasteiger partial charge in [-0.15, -0.1) is 0 Å². The van der Waals surface area contributed by atoms with Gasteiger partial charge in [0.15, 0.2) is 0 Å². The second-order valence-corrected chi connectivity index (χ2v) is 12.2. The third-order valence-electron chi connectivity index (χ3n) is 9.23. The number of ether oxygens (including phenoxy) is 2. The van der Waals surface area contributed by atoms with Crippen LogP contribution >= 0.6 is 0 Å². The fraction of sp³-hybridized carbons (Fsp3) is 0.0732. The lowest BCUT2D eigenvalue weighted by atomic mass is 9.68. The van der Waals surface area contributed by atoms with Gasteiger partial charge in [0.05, 0.1) is 26.4 Å². The number of hydrogen-bond acceptors (Lipinski definition) is 8. The number of nitro groups is 2. The fourth-order valence-corrected chi connectivity index (χ4v) is 6.77. The normalized spacial score (nSPS) is 12.4. The van der Waals surface area contributed by atoms with Gasteiger partial charge < -0.3 is 9.47 Å². The number of hydrogen-bond donors (Lipinski definition) is 0. The highest BCUT2D eigenvalue weighted by Gasteiger charge is 2.46. The zero-order chi connectivity index (χ0) is 35.9. The zero-order valence-corrected chi connectivity index (χ0v) is 27.4. The van der Waals surface area contributed by atoms with Crippen molar-refractivity contribution in [3.63, 3.8) is 0 Å². The largest absolute Gasteiger partial charge is 0.423 e. The van der Waals surface area contributed by atoms with Crippen LogP contribution in [-0.2, 0) is 5.41 Å². The van der Waals surface area contributed by atoms with Gasteiger partial charge >= 0.3 is 11.9 Å². The Kier molecular flexibility index (Phi) is 8.20. The van der Waals surface area contributed by atoms with Gasteiger partial charge in [-0.05, 0) is 83.6 Å². The van der Waals surface area contributed by atoms with Crippen molar-refractivity contribution in [2.24, 2.45) is 0 Å². The van der Waals surface area contributed by atoms with Crippen LogP contribution in [0.25, 0.3) is 11.1 Å². The zero-order valence-electron chi connectivity index (χ0n) is 27.4. The number of rotatable bonds is 8. The molecule has 0 spiro atoms. The Balaban J connectivity index is 1.25. The molecule has 0 atom stereocenters. The van der Waals surface area contributed by atoms with E-state index in [1.807, 2.05) is 48.5 Å². The van der Waals surface area contributed by atoms with Gasteiger partial charge in [-0.2, -0.15) is 0 Å². The molecule has 0 radical (unpaired) electrons. The van der Waals surface area contributed by atoms with E-state index in [1.165, 1.54) is 36.4 Å². The van der Waals surface area contributed by atoms with E-state index in [9.17, 15) is 29.8 Å². The summed E-state index contributed by atoms with van der Waals surface area (Å²) in [6, 6.07) is 39.0. The van der Waals surface area contributed by atoms with E-state index in [2.05, 4.69) is 24.3 Å². The lowest BCUT2D eigenvalue weighted by molar-refractivity contribution is -0.385. The van der Waals surface area contributed by atoms with Gasteiger partial charge in [0, 0.05) is 23.3 Å². The molecule has 6 aromatic carbocycles. The molecule has 0 fully saturated rings. The molecule has 7 rings (SSSR count). The second-order valence-electron chi connectivity index (χ2n) is 12.2. The van der Waals surface area contributed by atoms with Crippen molar-refractivity contribution in [2.45, 2.75) is 19.3 Å². The standard InChI is InChI=1S/C41H28N2O8/c1-25-11-13-27(23-37(25)42(46)47)39(44)50-31-19-15-29(16-20-31)41(35-9-5-3-7-33(35)34-8-4-6-10-36(34)41)30-17-21-32(22-18-30)51-40(45)28-14-12-26(2)38(24-28)43(48)49/h3-24H,1-2H3. The van der Waals surface area contributed by atoms with Gasteiger partial charge in [-0.25, -0.2) is 9.59 Å². The van der Waals surface area contributed by atoms with Gasteiger partial charge in [0.2, 0.25) is 0 Å². The number of nitrogens with zero attached hydrogens (tertiary/aromatic N) is 2. The van der Waals surface area contributed by atoms with Gasteiger partial charge in [0.1, 0.15) is 11.5 Å². The molecule has 6 aromatic rings. The predicted octanol–water partition coefficient (Wildman–Crippen LogP) is 8.92. The average molecular weight is 677 g/mol. The van der Waals surface area contributed by atoms with E-state index in [-0.39, 0.29) is 34.0 Å². The summed E-state index contributed by atoms with van der Waals surface area (Å²) in [6.07, 6.45) is 0. The van der Waals surface area contributed by atoms with Gasteiger partial charge in [-0.1, -0.05) is 84.9 Å². The van der Waals surface area contributed by atoms with E-state index in [0.29, 0.717) is 11.1 Å². The minimum Gasteiger partial charge on any atom is -0.423 e. The summed E-state index contributed by atoms with van der Waals surface area (Å²) >= 11 is 0. The van der Waals surface area contributed by atoms with E-state index in [4.69, 9.17) is 9.47 Å². The topological polar surface area (TPSA) is 139 Å². The third kappa shape index (κ3) is 5.68. The molecule has 51 heavy (non-hydrogen) atoms. The monoisotopic (exact) mass is 676 g/mol. The number of fused-ring (bicyclic) bond motifs is 3. The maximum absolute atomic E-state index is 13.0. The van der Waals surface area contributed by atoms with Crippen molar-refractivity contribution >= 4 is 23.3 Å². The molecule has 0 amide bonds. The summed E-state index contributed by atoms with van der Waals surface area (Å²) in [7, 11) is 0. The van der Waals surface area contributed by atoms with E-state index in [0.717, 1.165) is 33.4 Å². The van der Waals surface area contributed by atoms with Crippen LogP contribution in [0.4, 0.5) is 11.4 Å². The summed E-state index contributed by atoms with van der Waals surface area (Å²) in [5.41, 5.74) is 5.78. The van der Waals surface area contributed by atoms with Crippen LogP contribution in [0.5, 0.6) is 11.5 Å². The Morgan fingerprint density at radius 1 is 0.529 bits per heavy atom. The van der Waals surface area contributed by atoms with E-state index in [1.54, 1.807) is 38.1 Å². The summed E-state index contributed by atoms with van der Waals surface area (Å²) in [5.74, 6) is -0.911. The molecule has 10 nitrogen and oxygen atoms in total. The summed E-state index contributed by atoms with van der Waals surface area (Å²) < 4.78 is 11.3. The smallest absolute Gasteiger partial charge is 0.343 e. The van der Waals surface area contributed by atoms with Crippen molar-refractivity contribution in [1.82, 2.24) is 0 Å². The summed E-state index contributed by atoms with van der Waals surface area (Å²) in [6.45, 7) is 3.20. The fourth-order valence-electron chi connectivity index (χ4n) is 6.77. The highest BCUT2D eigenvalue weighted by Crippen LogP contribution is 2.56. The van der Waals surface area contributed by atoms with Crippen molar-refractivity contribution in [2.75, 3.05) is 0 Å². The van der Waals surface area contributed by atoms with Crippen LogP contribution in [0, 0.1) is 34.1 Å². The van der Waals surface area contributed by atoms with Crippen LogP contribution in [0.1, 0.15) is 54.1 Å². The Morgan fingerprint density at radius 3 is 1.27 bits per heavy atom. The summed E-state index contributed by atoms with van der Waals surface area (Å²) in [5, 5.41) is 22.8. The number of benzene rings is 6. The van der Waals surface area contributed by atoms with Crippen LogP contribution in [0.15, 0.2) is 133 Å². The molecule has 0 heterocycles. The van der Waals surface area contributed by atoms with Gasteiger partial charge in [-0.3, -0.25) is 20.2 Å². The number of carbonyl (C=O) groups excluding carboxylic acids is 2. The molecular formula is C41H28N2O8. The molecule has 0 aliphatic heterocycles. The Hall–Kier alpha value is -6.94. The first-order valence-electron chi connectivity index (χ1n) is 15.9. The van der Waals surface area contributed by atoms with Crippen molar-refractivity contribution in [3.8, 4) is 22.6 Å². The number of nitro benzene ring substituents is 2. The molecule has 0 N–H and O–H groups in total. The number of esters is 2. The minimum absolute atomic E-state index is 0.0629. The van der Waals surface area contributed by atoms with Crippen molar-refractivity contribution in [1.29, 1.82) is 0 Å². The molecule has 0 bridgehead atoms. The highest BCUT2D eigenvalue weighted by atomic mass is 16.6. The Labute approximate surface area is 291 Å². The van der Waals surface area contributed by atoms with E-state index < -0.39 is 27.2 Å². The average Bonchev–Trinajstić information content (AvgIpc) is 3.43. The quantitative estimate of drug-likeness (QED) is 0.0673. The molecule has 0 aromatic heterocycles. The molecule has 1 aliphatic rings. The van der Waals surface area contributed by atoms with Crippen molar-refractivity contribution in [3.05, 3.63) is 198 Å².